The summed E-state index contributed by atoms with van der Waals surface area (Å²) < 4.78 is 23.0. The van der Waals surface area contributed by atoms with Crippen LogP contribution in [0.1, 0.15) is 52.9 Å². The van der Waals surface area contributed by atoms with Crippen LogP contribution in [0.5, 0.6) is 5.75 Å². The number of aromatic nitrogens is 1. The molecule has 1 aliphatic carbocycles. The summed E-state index contributed by atoms with van der Waals surface area (Å²) in [7, 11) is 1.63. The minimum Gasteiger partial charge on any atom is -0.497 e. The summed E-state index contributed by atoms with van der Waals surface area (Å²) in [6.07, 6.45) is 5.43. The largest absolute Gasteiger partial charge is 0.497 e. The first-order chi connectivity index (χ1) is 16.0. The molecular weight excluding hydrogens is 422 g/mol. The zero-order chi connectivity index (χ0) is 23.2. The van der Waals surface area contributed by atoms with Gasteiger partial charge in [0, 0.05) is 5.56 Å². The van der Waals surface area contributed by atoms with Crippen molar-refractivity contribution in [3.63, 3.8) is 0 Å². The molecule has 174 valence electrons. The lowest BCUT2D eigenvalue weighted by Gasteiger charge is -2.29. The number of carboxylic acids is 1. The molecule has 33 heavy (non-hydrogen) atoms. The first-order valence-electron chi connectivity index (χ1n) is 11.2. The van der Waals surface area contributed by atoms with Crippen LogP contribution in [0.25, 0.3) is 11.5 Å². The molecule has 0 bridgehead atoms. The monoisotopic (exact) mass is 451 g/mol. The van der Waals surface area contributed by atoms with Crippen molar-refractivity contribution in [1.29, 1.82) is 0 Å². The van der Waals surface area contributed by atoms with Crippen molar-refractivity contribution in [3.05, 3.63) is 71.1 Å². The molecule has 1 aromatic heterocycles. The van der Waals surface area contributed by atoms with Crippen LogP contribution in [0, 0.1) is 6.92 Å². The average molecular weight is 452 g/mol. The number of oxazole rings is 1. The number of ether oxygens (including phenoxy) is 3. The Hall–Kier alpha value is -3.16. The summed E-state index contributed by atoms with van der Waals surface area (Å²) in [5, 5.41) is 9.51. The highest BCUT2D eigenvalue weighted by Gasteiger charge is 2.24. The van der Waals surface area contributed by atoms with Gasteiger partial charge in [-0.15, -0.1) is 0 Å². The average Bonchev–Trinajstić information content (AvgIpc) is 3.30. The standard InChI is InChI=1S/C26H29NO6/c1-17-5-3-6-19(24(17)26(28)29)14-31-22-7-4-8-23(13-22)32-15-20-16-33-25(27-20)18-9-11-21(30-2)12-10-18/h3,5-6,9-12,16,22-23H,4,7-8,13-15H2,1-2H3,(H,28,29)/t22-,23+/m1/s1. The molecule has 2 atom stereocenters. The summed E-state index contributed by atoms with van der Waals surface area (Å²) in [5.41, 5.74) is 3.41. The fourth-order valence-corrected chi connectivity index (χ4v) is 4.21. The molecule has 1 saturated carbocycles. The Bertz CT molecular complexity index is 1070. The topological polar surface area (TPSA) is 91.0 Å². The highest BCUT2D eigenvalue weighted by Crippen LogP contribution is 2.27. The second kappa shape index (κ2) is 10.6. The molecule has 0 amide bonds. The normalized spacial score (nSPS) is 18.2. The van der Waals surface area contributed by atoms with E-state index in [0.29, 0.717) is 23.6 Å². The van der Waals surface area contributed by atoms with Gasteiger partial charge in [-0.1, -0.05) is 18.2 Å². The van der Waals surface area contributed by atoms with Crippen LogP contribution in [0.3, 0.4) is 0 Å². The second-order valence-electron chi connectivity index (χ2n) is 8.32. The molecule has 0 unspecified atom stereocenters. The minimum atomic E-state index is -0.918. The lowest BCUT2D eigenvalue weighted by Crippen LogP contribution is -2.28. The van der Waals surface area contributed by atoms with Gasteiger partial charge in [-0.05, 0) is 68.0 Å². The van der Waals surface area contributed by atoms with Crippen molar-refractivity contribution in [3.8, 4) is 17.2 Å². The number of benzene rings is 2. The third kappa shape index (κ3) is 5.80. The molecule has 7 nitrogen and oxygen atoms in total. The van der Waals surface area contributed by atoms with E-state index < -0.39 is 5.97 Å². The predicted molar refractivity (Wildman–Crippen MR) is 122 cm³/mol. The van der Waals surface area contributed by atoms with Crippen molar-refractivity contribution in [1.82, 2.24) is 4.98 Å². The van der Waals surface area contributed by atoms with E-state index in [1.54, 1.807) is 26.4 Å². The molecule has 2 aromatic carbocycles. The molecule has 0 spiro atoms. The number of methoxy groups -OCH3 is 1. The lowest BCUT2D eigenvalue weighted by atomic mass is 9.94. The van der Waals surface area contributed by atoms with Gasteiger partial charge in [-0.25, -0.2) is 9.78 Å². The number of carbonyl (C=O) groups is 1. The number of aryl methyl sites for hydroxylation is 1. The maximum absolute atomic E-state index is 11.6. The highest BCUT2D eigenvalue weighted by atomic mass is 16.5. The van der Waals surface area contributed by atoms with Gasteiger partial charge >= 0.3 is 5.97 Å². The maximum atomic E-state index is 11.6. The van der Waals surface area contributed by atoms with E-state index in [2.05, 4.69) is 4.98 Å². The molecule has 1 fully saturated rings. The Kier molecular flexibility index (Phi) is 7.42. The molecule has 4 rings (SSSR count). The van der Waals surface area contributed by atoms with Gasteiger partial charge in [0.25, 0.3) is 0 Å². The van der Waals surface area contributed by atoms with Gasteiger partial charge in [0.15, 0.2) is 0 Å². The zero-order valence-electron chi connectivity index (χ0n) is 19.0. The Morgan fingerprint density at radius 3 is 2.52 bits per heavy atom. The first kappa shape index (κ1) is 23.0. The summed E-state index contributed by atoms with van der Waals surface area (Å²) in [4.78, 5) is 16.1. The summed E-state index contributed by atoms with van der Waals surface area (Å²) in [5.74, 6) is 0.413. The van der Waals surface area contributed by atoms with Crippen LogP contribution in [0.15, 0.2) is 53.1 Å². The van der Waals surface area contributed by atoms with E-state index in [4.69, 9.17) is 18.6 Å². The summed E-state index contributed by atoms with van der Waals surface area (Å²) >= 11 is 0. The quantitative estimate of drug-likeness (QED) is 0.466. The van der Waals surface area contributed by atoms with Gasteiger partial charge in [-0.3, -0.25) is 0 Å². The van der Waals surface area contributed by atoms with Crippen LogP contribution >= 0.6 is 0 Å². The number of hydrogen-bond donors (Lipinski definition) is 1. The predicted octanol–water partition coefficient (Wildman–Crippen LogP) is 5.40. The van der Waals surface area contributed by atoms with Gasteiger partial charge < -0.3 is 23.7 Å². The first-order valence-corrected chi connectivity index (χ1v) is 11.2. The van der Waals surface area contributed by atoms with Crippen LogP contribution in [-0.2, 0) is 22.7 Å². The van der Waals surface area contributed by atoms with Crippen LogP contribution in [0.4, 0.5) is 0 Å². The molecule has 7 heteroatoms. The molecule has 0 radical (unpaired) electrons. The molecular formula is C26H29NO6. The van der Waals surface area contributed by atoms with Crippen LogP contribution in [-0.4, -0.2) is 35.4 Å². The van der Waals surface area contributed by atoms with E-state index in [0.717, 1.165) is 48.3 Å². The summed E-state index contributed by atoms with van der Waals surface area (Å²) in [6.45, 7) is 2.47. The fourth-order valence-electron chi connectivity index (χ4n) is 4.21. The Labute approximate surface area is 193 Å². The molecule has 1 heterocycles. The molecule has 0 saturated heterocycles. The Balaban J connectivity index is 1.29. The lowest BCUT2D eigenvalue weighted by molar-refractivity contribution is -0.0563. The number of carboxylic acid groups (broad SMARTS) is 1. The molecule has 1 N–H and O–H groups in total. The zero-order valence-corrected chi connectivity index (χ0v) is 19.0. The van der Waals surface area contributed by atoms with Gasteiger partial charge in [-0.2, -0.15) is 0 Å². The van der Waals surface area contributed by atoms with Crippen LogP contribution in [0.2, 0.25) is 0 Å². The van der Waals surface area contributed by atoms with Crippen molar-refractivity contribution >= 4 is 5.97 Å². The maximum Gasteiger partial charge on any atom is 0.336 e. The summed E-state index contributed by atoms with van der Waals surface area (Å²) in [6, 6.07) is 13.0. The van der Waals surface area contributed by atoms with E-state index in [9.17, 15) is 9.90 Å². The van der Waals surface area contributed by atoms with Gasteiger partial charge in [0.2, 0.25) is 5.89 Å². The number of rotatable bonds is 9. The number of nitrogens with zero attached hydrogens (tertiary/aromatic N) is 1. The Morgan fingerprint density at radius 2 is 1.82 bits per heavy atom. The van der Waals surface area contributed by atoms with E-state index in [1.165, 1.54) is 0 Å². The van der Waals surface area contributed by atoms with Crippen molar-refractivity contribution in [2.24, 2.45) is 0 Å². The van der Waals surface area contributed by atoms with Crippen molar-refractivity contribution < 1.29 is 28.5 Å². The Morgan fingerprint density at radius 1 is 1.09 bits per heavy atom. The molecule has 0 aliphatic heterocycles. The van der Waals surface area contributed by atoms with Gasteiger partial charge in [0.05, 0.1) is 38.1 Å². The van der Waals surface area contributed by atoms with E-state index >= 15 is 0 Å². The SMILES string of the molecule is COc1ccc(-c2nc(CO[C@H]3CCC[C@@H](OCc4cccc(C)c4C(=O)O)C3)co2)cc1. The minimum absolute atomic E-state index is 0.0399. The van der Waals surface area contributed by atoms with Crippen molar-refractivity contribution in [2.75, 3.05) is 7.11 Å². The second-order valence-corrected chi connectivity index (χ2v) is 8.32. The van der Waals surface area contributed by atoms with E-state index in [-0.39, 0.29) is 18.8 Å². The molecule has 3 aromatic rings. The smallest absolute Gasteiger partial charge is 0.336 e. The van der Waals surface area contributed by atoms with Crippen molar-refractivity contribution in [2.45, 2.75) is 58.0 Å². The van der Waals surface area contributed by atoms with Crippen LogP contribution < -0.4 is 4.74 Å². The fraction of sp³-hybridized carbons (Fsp3) is 0.385. The molecule has 1 aliphatic rings. The van der Waals surface area contributed by atoms with Gasteiger partial charge in [0.1, 0.15) is 17.7 Å². The van der Waals surface area contributed by atoms with E-state index in [1.807, 2.05) is 36.4 Å². The third-order valence-corrected chi connectivity index (χ3v) is 5.98. The number of aromatic carboxylic acids is 1. The number of hydrogen-bond acceptors (Lipinski definition) is 6. The third-order valence-electron chi connectivity index (χ3n) is 5.98. The highest BCUT2D eigenvalue weighted by molar-refractivity contribution is 5.91.